The van der Waals surface area contributed by atoms with E-state index in [1.54, 1.807) is 26.0 Å². The van der Waals surface area contributed by atoms with Gasteiger partial charge in [-0.2, -0.15) is 0 Å². The number of nitrogens with one attached hydrogen (secondary N) is 2. The molecule has 5 heteroatoms. The SMILES string of the molecule is CC(C)(C)NC(=O)C(C)(C)C(=O)Nc1ccc(Br)cc1. The molecule has 2 amide bonds. The lowest BCUT2D eigenvalue weighted by molar-refractivity contribution is -0.139. The van der Waals surface area contributed by atoms with Crippen LogP contribution >= 0.6 is 15.9 Å². The van der Waals surface area contributed by atoms with Crippen molar-refractivity contribution in [2.45, 2.75) is 40.2 Å². The van der Waals surface area contributed by atoms with Gasteiger partial charge in [0.2, 0.25) is 11.8 Å². The Morgan fingerprint density at radius 3 is 1.90 bits per heavy atom. The predicted octanol–water partition coefficient (Wildman–Crippen LogP) is 3.33. The van der Waals surface area contributed by atoms with E-state index in [0.29, 0.717) is 5.69 Å². The van der Waals surface area contributed by atoms with Crippen LogP contribution in [0.4, 0.5) is 5.69 Å². The Kier molecular flexibility index (Phi) is 4.97. The van der Waals surface area contributed by atoms with Gasteiger partial charge in [-0.1, -0.05) is 15.9 Å². The molecule has 0 aliphatic heterocycles. The van der Waals surface area contributed by atoms with Gasteiger partial charge in [0.25, 0.3) is 0 Å². The normalized spacial score (nSPS) is 11.9. The molecule has 0 aromatic heterocycles. The molecule has 0 saturated carbocycles. The molecule has 0 radical (unpaired) electrons. The van der Waals surface area contributed by atoms with Crippen molar-refractivity contribution < 1.29 is 9.59 Å². The molecule has 2 N–H and O–H groups in total. The molecule has 0 unspecified atom stereocenters. The van der Waals surface area contributed by atoms with E-state index in [1.807, 2.05) is 32.9 Å². The molecular formula is C15H21BrN2O2. The Morgan fingerprint density at radius 2 is 1.45 bits per heavy atom. The Labute approximate surface area is 128 Å². The Morgan fingerprint density at radius 1 is 0.950 bits per heavy atom. The van der Waals surface area contributed by atoms with E-state index < -0.39 is 5.41 Å². The van der Waals surface area contributed by atoms with E-state index in [2.05, 4.69) is 26.6 Å². The highest BCUT2D eigenvalue weighted by Gasteiger charge is 2.37. The van der Waals surface area contributed by atoms with Gasteiger partial charge in [-0.25, -0.2) is 0 Å². The first-order valence-corrected chi connectivity index (χ1v) is 7.21. The number of hydrogen-bond donors (Lipinski definition) is 2. The van der Waals surface area contributed by atoms with E-state index in [4.69, 9.17) is 0 Å². The van der Waals surface area contributed by atoms with E-state index >= 15 is 0 Å². The van der Waals surface area contributed by atoms with Crippen molar-refractivity contribution in [3.63, 3.8) is 0 Å². The molecule has 1 rings (SSSR count). The van der Waals surface area contributed by atoms with Gasteiger partial charge in [0.1, 0.15) is 5.41 Å². The number of rotatable bonds is 3. The number of hydrogen-bond acceptors (Lipinski definition) is 2. The van der Waals surface area contributed by atoms with Gasteiger partial charge in [0, 0.05) is 15.7 Å². The van der Waals surface area contributed by atoms with Gasteiger partial charge >= 0.3 is 0 Å². The van der Waals surface area contributed by atoms with Crippen LogP contribution in [0, 0.1) is 5.41 Å². The highest BCUT2D eigenvalue weighted by Crippen LogP contribution is 2.21. The third-order valence-corrected chi connectivity index (χ3v) is 3.25. The van der Waals surface area contributed by atoms with Crippen molar-refractivity contribution in [2.24, 2.45) is 5.41 Å². The molecule has 0 saturated heterocycles. The molecule has 0 aliphatic carbocycles. The van der Waals surface area contributed by atoms with Crippen LogP contribution in [0.15, 0.2) is 28.7 Å². The van der Waals surface area contributed by atoms with Crippen molar-refractivity contribution in [3.8, 4) is 0 Å². The fraction of sp³-hybridized carbons (Fsp3) is 0.467. The molecule has 1 aromatic rings. The zero-order valence-electron chi connectivity index (χ0n) is 12.5. The van der Waals surface area contributed by atoms with Gasteiger partial charge in [-0.15, -0.1) is 0 Å². The van der Waals surface area contributed by atoms with Crippen LogP contribution in [-0.4, -0.2) is 17.4 Å². The molecule has 0 spiro atoms. The maximum atomic E-state index is 12.3. The van der Waals surface area contributed by atoms with Crippen LogP contribution < -0.4 is 10.6 Å². The third kappa shape index (κ3) is 4.63. The highest BCUT2D eigenvalue weighted by molar-refractivity contribution is 9.10. The summed E-state index contributed by atoms with van der Waals surface area (Å²) < 4.78 is 0.931. The van der Waals surface area contributed by atoms with Gasteiger partial charge in [-0.05, 0) is 58.9 Å². The summed E-state index contributed by atoms with van der Waals surface area (Å²) in [5.74, 6) is -0.624. The highest BCUT2D eigenvalue weighted by atomic mass is 79.9. The summed E-state index contributed by atoms with van der Waals surface area (Å²) in [6.07, 6.45) is 0. The number of anilines is 1. The summed E-state index contributed by atoms with van der Waals surface area (Å²) in [5.41, 5.74) is -0.845. The number of benzene rings is 1. The van der Waals surface area contributed by atoms with Crippen molar-refractivity contribution in [2.75, 3.05) is 5.32 Å². The molecule has 110 valence electrons. The third-order valence-electron chi connectivity index (χ3n) is 2.73. The molecule has 20 heavy (non-hydrogen) atoms. The largest absolute Gasteiger partial charge is 0.351 e. The Bertz CT molecular complexity index is 502. The standard InChI is InChI=1S/C15H21BrN2O2/c1-14(2,3)18-13(20)15(4,5)12(19)17-11-8-6-10(16)7-9-11/h6-9H,1-5H3,(H,17,19)(H,18,20). The van der Waals surface area contributed by atoms with Crippen molar-refractivity contribution in [3.05, 3.63) is 28.7 Å². The fourth-order valence-electron chi connectivity index (χ4n) is 1.42. The van der Waals surface area contributed by atoms with Crippen molar-refractivity contribution in [1.29, 1.82) is 0 Å². The summed E-state index contributed by atoms with van der Waals surface area (Å²) in [5, 5.41) is 5.58. The van der Waals surface area contributed by atoms with Gasteiger partial charge < -0.3 is 10.6 Å². The Hall–Kier alpha value is -1.36. The first kappa shape index (κ1) is 16.7. The van der Waals surface area contributed by atoms with Gasteiger partial charge in [0.05, 0.1) is 0 Å². The number of carbonyl (C=O) groups excluding carboxylic acids is 2. The monoisotopic (exact) mass is 340 g/mol. The first-order chi connectivity index (χ1) is 9.02. The van der Waals surface area contributed by atoms with Crippen LogP contribution in [0.25, 0.3) is 0 Å². The van der Waals surface area contributed by atoms with E-state index in [0.717, 1.165) is 4.47 Å². The quantitative estimate of drug-likeness (QED) is 0.829. The zero-order valence-corrected chi connectivity index (χ0v) is 14.1. The summed E-state index contributed by atoms with van der Waals surface area (Å²) in [6.45, 7) is 8.87. The lowest BCUT2D eigenvalue weighted by Crippen LogP contribution is -2.51. The maximum absolute atomic E-state index is 12.3. The summed E-state index contributed by atoms with van der Waals surface area (Å²) in [7, 11) is 0. The summed E-state index contributed by atoms with van der Waals surface area (Å²) in [4.78, 5) is 24.4. The lowest BCUT2D eigenvalue weighted by atomic mass is 9.89. The average molecular weight is 341 g/mol. The molecule has 0 heterocycles. The first-order valence-electron chi connectivity index (χ1n) is 6.42. The average Bonchev–Trinajstić information content (AvgIpc) is 2.29. The summed E-state index contributed by atoms with van der Waals surface area (Å²) in [6, 6.07) is 7.22. The molecular weight excluding hydrogens is 320 g/mol. The molecule has 4 nitrogen and oxygen atoms in total. The van der Waals surface area contributed by atoms with Crippen molar-refractivity contribution >= 4 is 33.4 Å². The molecule has 0 fully saturated rings. The van der Waals surface area contributed by atoms with E-state index in [-0.39, 0.29) is 17.4 Å². The molecule has 1 aromatic carbocycles. The predicted molar refractivity (Wildman–Crippen MR) is 84.4 cm³/mol. The lowest BCUT2D eigenvalue weighted by Gasteiger charge is -2.28. The van der Waals surface area contributed by atoms with Crippen LogP contribution in [0.3, 0.4) is 0 Å². The Balaban J connectivity index is 2.79. The number of amides is 2. The minimum atomic E-state index is -1.14. The van der Waals surface area contributed by atoms with Crippen molar-refractivity contribution in [1.82, 2.24) is 5.32 Å². The smallest absolute Gasteiger partial charge is 0.239 e. The molecule has 0 aliphatic rings. The minimum Gasteiger partial charge on any atom is -0.351 e. The fourth-order valence-corrected chi connectivity index (χ4v) is 1.68. The summed E-state index contributed by atoms with van der Waals surface area (Å²) >= 11 is 3.33. The van der Waals surface area contributed by atoms with E-state index in [1.165, 1.54) is 0 Å². The van der Waals surface area contributed by atoms with Gasteiger partial charge in [0.15, 0.2) is 0 Å². The van der Waals surface area contributed by atoms with E-state index in [9.17, 15) is 9.59 Å². The maximum Gasteiger partial charge on any atom is 0.239 e. The van der Waals surface area contributed by atoms with Crippen LogP contribution in [0.5, 0.6) is 0 Å². The molecule has 0 bridgehead atoms. The second kappa shape index (κ2) is 5.95. The van der Waals surface area contributed by atoms with Crippen LogP contribution in [0.2, 0.25) is 0 Å². The van der Waals surface area contributed by atoms with Crippen LogP contribution in [-0.2, 0) is 9.59 Å². The molecule has 0 atom stereocenters. The second-order valence-electron chi connectivity index (χ2n) is 6.29. The topological polar surface area (TPSA) is 58.2 Å². The van der Waals surface area contributed by atoms with Crippen LogP contribution in [0.1, 0.15) is 34.6 Å². The number of halogens is 1. The van der Waals surface area contributed by atoms with Gasteiger partial charge in [-0.3, -0.25) is 9.59 Å². The second-order valence-corrected chi connectivity index (χ2v) is 7.21. The minimum absolute atomic E-state index is 0.292. The number of carbonyl (C=O) groups is 2. The zero-order chi connectivity index (χ0) is 15.6.